The van der Waals surface area contributed by atoms with Gasteiger partial charge < -0.3 is 10.1 Å². The lowest BCUT2D eigenvalue weighted by atomic mass is 10.0. The Kier molecular flexibility index (Phi) is 3.44. The highest BCUT2D eigenvalue weighted by Crippen LogP contribution is 2.16. The van der Waals surface area contributed by atoms with Gasteiger partial charge in [-0.25, -0.2) is 0 Å². The molecule has 102 valence electrons. The number of carboxylic acid groups (broad SMARTS) is 1. The summed E-state index contributed by atoms with van der Waals surface area (Å²) in [6, 6.07) is 15.2. The Hall–Kier alpha value is -2.99. The van der Waals surface area contributed by atoms with Crippen LogP contribution in [-0.2, 0) is 11.2 Å². The van der Waals surface area contributed by atoms with Crippen molar-refractivity contribution < 1.29 is 9.90 Å². The van der Waals surface area contributed by atoms with Crippen molar-refractivity contribution in [2.45, 2.75) is 6.42 Å². The van der Waals surface area contributed by atoms with Crippen LogP contribution in [0.15, 0.2) is 54.7 Å². The highest BCUT2D eigenvalue weighted by molar-refractivity contribution is 5.85. The van der Waals surface area contributed by atoms with Gasteiger partial charge in [0.2, 0.25) is 0 Å². The van der Waals surface area contributed by atoms with Crippen molar-refractivity contribution in [3.05, 3.63) is 71.4 Å². The maximum Gasteiger partial charge on any atom is 0.307 e. The zero-order valence-corrected chi connectivity index (χ0v) is 11.3. The van der Waals surface area contributed by atoms with Crippen molar-refractivity contribution in [3.8, 4) is 11.8 Å². The van der Waals surface area contributed by atoms with Crippen molar-refractivity contribution in [1.29, 1.82) is 0 Å². The number of rotatable bonds is 2. The van der Waals surface area contributed by atoms with Gasteiger partial charge in [0.25, 0.3) is 0 Å². The molecule has 0 bridgehead atoms. The van der Waals surface area contributed by atoms with E-state index in [4.69, 9.17) is 5.11 Å². The zero-order valence-electron chi connectivity index (χ0n) is 11.3. The molecule has 0 aliphatic heterocycles. The van der Waals surface area contributed by atoms with Crippen LogP contribution in [0.3, 0.4) is 0 Å². The molecule has 0 unspecified atom stereocenters. The first-order valence-corrected chi connectivity index (χ1v) is 6.62. The van der Waals surface area contributed by atoms with Gasteiger partial charge in [-0.05, 0) is 29.8 Å². The number of hydrogen-bond acceptors (Lipinski definition) is 1. The van der Waals surface area contributed by atoms with Gasteiger partial charge in [-0.15, -0.1) is 0 Å². The molecule has 0 saturated heterocycles. The summed E-state index contributed by atoms with van der Waals surface area (Å²) in [5.41, 5.74) is 3.46. The highest BCUT2D eigenvalue weighted by atomic mass is 16.4. The summed E-state index contributed by atoms with van der Waals surface area (Å²) in [5.74, 6) is 5.38. The number of aliphatic carboxylic acids is 1. The number of fused-ring (bicyclic) bond motifs is 1. The number of H-pyrrole nitrogens is 1. The number of nitrogens with one attached hydrogen (secondary N) is 1. The van der Waals surface area contributed by atoms with Crippen LogP contribution >= 0.6 is 0 Å². The zero-order chi connectivity index (χ0) is 14.7. The van der Waals surface area contributed by atoms with E-state index >= 15 is 0 Å². The van der Waals surface area contributed by atoms with Crippen molar-refractivity contribution in [2.24, 2.45) is 0 Å². The van der Waals surface area contributed by atoms with Gasteiger partial charge >= 0.3 is 5.97 Å². The minimum atomic E-state index is -0.850. The number of aromatic amines is 1. The third-order valence-corrected chi connectivity index (χ3v) is 3.29. The van der Waals surface area contributed by atoms with Gasteiger partial charge in [-0.3, -0.25) is 4.79 Å². The molecule has 0 radical (unpaired) electrons. The van der Waals surface area contributed by atoms with E-state index in [-0.39, 0.29) is 6.42 Å². The molecule has 2 N–H and O–H groups in total. The molecule has 0 spiro atoms. The van der Waals surface area contributed by atoms with Crippen LogP contribution in [0.5, 0.6) is 0 Å². The van der Waals surface area contributed by atoms with E-state index in [1.54, 1.807) is 6.07 Å². The summed E-state index contributed by atoms with van der Waals surface area (Å²) in [4.78, 5) is 14.0. The van der Waals surface area contributed by atoms with E-state index < -0.39 is 5.97 Å². The number of benzene rings is 2. The molecular formula is C18H13NO2. The van der Waals surface area contributed by atoms with Crippen LogP contribution in [0.1, 0.15) is 16.7 Å². The van der Waals surface area contributed by atoms with E-state index in [0.717, 1.165) is 27.6 Å². The lowest BCUT2D eigenvalue weighted by molar-refractivity contribution is -0.136. The normalized spacial score (nSPS) is 10.1. The minimum absolute atomic E-state index is 0.0147. The smallest absolute Gasteiger partial charge is 0.307 e. The largest absolute Gasteiger partial charge is 0.481 e. The molecule has 3 nitrogen and oxygen atoms in total. The second kappa shape index (κ2) is 5.56. The monoisotopic (exact) mass is 275 g/mol. The molecule has 0 aliphatic rings. The van der Waals surface area contributed by atoms with Crippen LogP contribution < -0.4 is 0 Å². The van der Waals surface area contributed by atoms with Crippen molar-refractivity contribution in [3.63, 3.8) is 0 Å². The molecule has 21 heavy (non-hydrogen) atoms. The first kappa shape index (κ1) is 13.0. The summed E-state index contributed by atoms with van der Waals surface area (Å²) in [7, 11) is 0. The molecule has 3 aromatic rings. The summed E-state index contributed by atoms with van der Waals surface area (Å²) < 4.78 is 0. The van der Waals surface area contributed by atoms with Crippen molar-refractivity contribution in [2.75, 3.05) is 0 Å². The van der Waals surface area contributed by atoms with E-state index in [0.29, 0.717) is 0 Å². The van der Waals surface area contributed by atoms with Crippen LogP contribution in [0.25, 0.3) is 10.9 Å². The Balaban J connectivity index is 2.02. The molecule has 3 rings (SSSR count). The molecule has 0 aliphatic carbocycles. The van der Waals surface area contributed by atoms with E-state index in [1.165, 1.54) is 0 Å². The molecule has 0 fully saturated rings. The summed E-state index contributed by atoms with van der Waals surface area (Å²) in [5, 5.41) is 10.0. The van der Waals surface area contributed by atoms with Gasteiger partial charge in [0.1, 0.15) is 0 Å². The fraction of sp³-hybridized carbons (Fsp3) is 0.0556. The maximum atomic E-state index is 10.9. The molecule has 0 atom stereocenters. The van der Waals surface area contributed by atoms with Gasteiger partial charge in [-0.2, -0.15) is 0 Å². The van der Waals surface area contributed by atoms with Crippen molar-refractivity contribution >= 4 is 16.9 Å². The van der Waals surface area contributed by atoms with Gasteiger partial charge in [-0.1, -0.05) is 36.1 Å². The Morgan fingerprint density at radius 2 is 1.76 bits per heavy atom. The van der Waals surface area contributed by atoms with E-state index in [2.05, 4.69) is 16.8 Å². The topological polar surface area (TPSA) is 53.1 Å². The Labute approximate surface area is 122 Å². The highest BCUT2D eigenvalue weighted by Gasteiger charge is 2.04. The Morgan fingerprint density at radius 1 is 1.00 bits per heavy atom. The molecule has 1 heterocycles. The average Bonchev–Trinajstić information content (AvgIpc) is 2.95. The fourth-order valence-electron chi connectivity index (χ4n) is 2.29. The predicted octanol–water partition coefficient (Wildman–Crippen LogP) is 3.19. The van der Waals surface area contributed by atoms with Crippen LogP contribution in [0, 0.1) is 11.8 Å². The van der Waals surface area contributed by atoms with Crippen LogP contribution in [0.2, 0.25) is 0 Å². The summed E-state index contributed by atoms with van der Waals surface area (Å²) in [6.45, 7) is 0. The van der Waals surface area contributed by atoms with Crippen LogP contribution in [0.4, 0.5) is 0 Å². The molecule has 0 saturated carbocycles. The molecule has 2 aromatic carbocycles. The van der Waals surface area contributed by atoms with Crippen LogP contribution in [-0.4, -0.2) is 16.1 Å². The number of carboxylic acids is 1. The lowest BCUT2D eigenvalue weighted by Gasteiger charge is -2.00. The third kappa shape index (κ3) is 2.80. The second-order valence-corrected chi connectivity index (χ2v) is 4.72. The minimum Gasteiger partial charge on any atom is -0.481 e. The summed E-state index contributed by atoms with van der Waals surface area (Å²) in [6.07, 6.45) is 1.87. The predicted molar refractivity (Wildman–Crippen MR) is 82.1 cm³/mol. The standard InChI is InChI=1S/C18H13NO2/c20-18(21)12-15-5-2-1-4-13(15)8-9-14-6-3-7-17-16(14)10-11-19-17/h1-7,10-11,19H,12H2,(H,20,21). The number of carbonyl (C=O) groups is 1. The molecule has 3 heteroatoms. The molecule has 0 amide bonds. The Bertz CT molecular complexity index is 865. The fourth-order valence-corrected chi connectivity index (χ4v) is 2.29. The third-order valence-electron chi connectivity index (χ3n) is 3.29. The second-order valence-electron chi connectivity index (χ2n) is 4.72. The SMILES string of the molecule is O=C(O)Cc1ccccc1C#Cc1cccc2[nH]ccc12. The maximum absolute atomic E-state index is 10.9. The quantitative estimate of drug-likeness (QED) is 0.706. The average molecular weight is 275 g/mol. The number of hydrogen-bond donors (Lipinski definition) is 2. The number of aromatic nitrogens is 1. The first-order chi connectivity index (χ1) is 10.2. The molecule has 1 aromatic heterocycles. The summed E-state index contributed by atoms with van der Waals surface area (Å²) >= 11 is 0. The lowest BCUT2D eigenvalue weighted by Crippen LogP contribution is -2.01. The van der Waals surface area contributed by atoms with Crippen molar-refractivity contribution in [1.82, 2.24) is 4.98 Å². The van der Waals surface area contributed by atoms with E-state index in [1.807, 2.05) is 48.7 Å². The Morgan fingerprint density at radius 3 is 2.62 bits per heavy atom. The van der Waals surface area contributed by atoms with Gasteiger partial charge in [0.05, 0.1) is 6.42 Å². The van der Waals surface area contributed by atoms with Gasteiger partial charge in [0.15, 0.2) is 0 Å². The molecular weight excluding hydrogens is 262 g/mol. The van der Waals surface area contributed by atoms with Gasteiger partial charge in [0, 0.05) is 28.2 Å². The van der Waals surface area contributed by atoms with E-state index in [9.17, 15) is 4.79 Å². The first-order valence-electron chi connectivity index (χ1n) is 6.62.